The maximum absolute atomic E-state index is 13.1. The van der Waals surface area contributed by atoms with Crippen LogP contribution in [-0.4, -0.2) is 46.3 Å². The largest absolute Gasteiger partial charge is 0.475 e. The smallest absolute Gasteiger partial charge is 0.416 e. The summed E-state index contributed by atoms with van der Waals surface area (Å²) in [6.07, 6.45) is -5.65. The summed E-state index contributed by atoms with van der Waals surface area (Å²) in [5.74, 6) is -1.13. The maximum atomic E-state index is 13.1. The van der Waals surface area contributed by atoms with E-state index in [1.807, 2.05) is 0 Å². The van der Waals surface area contributed by atoms with Crippen LogP contribution < -0.4 is 15.0 Å². The third-order valence-corrected chi connectivity index (χ3v) is 5.26. The topological polar surface area (TPSA) is 112 Å². The summed E-state index contributed by atoms with van der Waals surface area (Å²) in [5, 5.41) is 20.9. The summed E-state index contributed by atoms with van der Waals surface area (Å²) in [6, 6.07) is 13.7. The van der Waals surface area contributed by atoms with Gasteiger partial charge < -0.3 is 25.2 Å². The summed E-state index contributed by atoms with van der Waals surface area (Å²) < 4.78 is 44.6. The molecule has 0 aliphatic carbocycles. The standard InChI is InChI=1S/C24H20F3N3O5/c25-24(26,27)15-5-2-6-16(10-15)30-11-14-4-1-7-18(21(14)23(30)34)29-22(33)19-8-3-9-20(28-19)35-13-17(32)12-31/h1-10,17,31-32H,11-13H2,(H,29,33). The number of amides is 2. The molecule has 1 aliphatic heterocycles. The van der Waals surface area contributed by atoms with Gasteiger partial charge in [0.2, 0.25) is 5.88 Å². The number of aliphatic hydroxyl groups excluding tert-OH is 2. The van der Waals surface area contributed by atoms with Crippen LogP contribution in [0.15, 0.2) is 60.7 Å². The lowest BCUT2D eigenvalue weighted by atomic mass is 10.1. The van der Waals surface area contributed by atoms with Crippen molar-refractivity contribution in [3.8, 4) is 5.88 Å². The Morgan fingerprint density at radius 3 is 2.63 bits per heavy atom. The van der Waals surface area contributed by atoms with Crippen LogP contribution in [0.2, 0.25) is 0 Å². The number of alkyl halides is 3. The number of halogens is 3. The Morgan fingerprint density at radius 2 is 1.89 bits per heavy atom. The van der Waals surface area contributed by atoms with Gasteiger partial charge in [-0.1, -0.05) is 24.3 Å². The van der Waals surface area contributed by atoms with Crippen molar-refractivity contribution in [1.82, 2.24) is 4.98 Å². The molecule has 0 bridgehead atoms. The van der Waals surface area contributed by atoms with Crippen LogP contribution in [-0.2, 0) is 12.7 Å². The maximum Gasteiger partial charge on any atom is 0.416 e. The van der Waals surface area contributed by atoms with Gasteiger partial charge in [-0.15, -0.1) is 0 Å². The van der Waals surface area contributed by atoms with Crippen LogP contribution in [0.5, 0.6) is 5.88 Å². The molecule has 3 aromatic rings. The molecule has 182 valence electrons. The number of carbonyl (C=O) groups is 2. The van der Waals surface area contributed by atoms with Crippen molar-refractivity contribution in [2.45, 2.75) is 18.8 Å². The Morgan fingerprint density at radius 1 is 1.14 bits per heavy atom. The fraction of sp³-hybridized carbons (Fsp3) is 0.208. The number of ether oxygens (including phenoxy) is 1. The first kappa shape index (κ1) is 24.2. The number of pyridine rings is 1. The van der Waals surface area contributed by atoms with Crippen molar-refractivity contribution in [3.63, 3.8) is 0 Å². The van der Waals surface area contributed by atoms with E-state index < -0.39 is 36.3 Å². The van der Waals surface area contributed by atoms with Crippen molar-refractivity contribution in [2.24, 2.45) is 0 Å². The fourth-order valence-corrected chi connectivity index (χ4v) is 3.57. The molecule has 2 heterocycles. The molecular weight excluding hydrogens is 467 g/mol. The summed E-state index contributed by atoms with van der Waals surface area (Å²) in [5.41, 5.74) is 0.112. The predicted octanol–water partition coefficient (Wildman–Crippen LogP) is 3.25. The quantitative estimate of drug-likeness (QED) is 0.472. The number of anilines is 2. The Labute approximate surface area is 197 Å². The minimum atomic E-state index is -4.55. The molecule has 0 fully saturated rings. The van der Waals surface area contributed by atoms with Crippen LogP contribution in [0.4, 0.5) is 24.5 Å². The number of aliphatic hydroxyl groups is 2. The fourth-order valence-electron chi connectivity index (χ4n) is 3.57. The average molecular weight is 487 g/mol. The van der Waals surface area contributed by atoms with Gasteiger partial charge in [0.05, 0.1) is 30.0 Å². The molecule has 3 N–H and O–H groups in total. The van der Waals surface area contributed by atoms with Crippen LogP contribution in [0.25, 0.3) is 0 Å². The predicted molar refractivity (Wildman–Crippen MR) is 119 cm³/mol. The van der Waals surface area contributed by atoms with Gasteiger partial charge in [0.1, 0.15) is 18.4 Å². The number of fused-ring (bicyclic) bond motifs is 1. The van der Waals surface area contributed by atoms with Crippen LogP contribution in [0.3, 0.4) is 0 Å². The van der Waals surface area contributed by atoms with Gasteiger partial charge in [0.15, 0.2) is 0 Å². The summed E-state index contributed by atoms with van der Waals surface area (Å²) >= 11 is 0. The van der Waals surface area contributed by atoms with E-state index in [2.05, 4.69) is 10.3 Å². The second-order valence-corrected chi connectivity index (χ2v) is 7.74. The van der Waals surface area contributed by atoms with E-state index in [4.69, 9.17) is 9.84 Å². The molecule has 2 amide bonds. The number of nitrogens with one attached hydrogen (secondary N) is 1. The molecular formula is C24H20F3N3O5. The second kappa shape index (κ2) is 9.72. The van der Waals surface area contributed by atoms with E-state index in [9.17, 15) is 27.9 Å². The van der Waals surface area contributed by atoms with Crippen LogP contribution in [0, 0.1) is 0 Å². The Balaban J connectivity index is 1.54. The molecule has 0 saturated heterocycles. The van der Waals surface area contributed by atoms with Crippen LogP contribution in [0.1, 0.15) is 32.0 Å². The highest BCUT2D eigenvalue weighted by molar-refractivity contribution is 6.16. The SMILES string of the molecule is O=C(Nc1cccc2c1C(=O)N(c1cccc(C(F)(F)F)c1)C2)c1cccc(OCC(O)CO)n1. The van der Waals surface area contributed by atoms with E-state index in [1.165, 1.54) is 41.3 Å². The van der Waals surface area contributed by atoms with E-state index in [0.717, 1.165) is 12.1 Å². The number of nitrogens with zero attached hydrogens (tertiary/aromatic N) is 2. The molecule has 1 unspecified atom stereocenters. The molecule has 35 heavy (non-hydrogen) atoms. The normalized spacial score (nSPS) is 14.0. The Hall–Kier alpha value is -3.96. The van der Waals surface area contributed by atoms with Gasteiger partial charge in [-0.25, -0.2) is 4.98 Å². The third kappa shape index (κ3) is 5.26. The lowest BCUT2D eigenvalue weighted by molar-refractivity contribution is -0.137. The van der Waals surface area contributed by atoms with E-state index in [-0.39, 0.29) is 41.7 Å². The number of rotatable bonds is 7. The molecule has 0 radical (unpaired) electrons. The first-order valence-corrected chi connectivity index (χ1v) is 10.5. The van der Waals surface area contributed by atoms with Gasteiger partial charge in [-0.3, -0.25) is 9.59 Å². The zero-order chi connectivity index (χ0) is 25.2. The Bertz CT molecular complexity index is 1270. The highest BCUT2D eigenvalue weighted by Crippen LogP contribution is 2.36. The van der Waals surface area contributed by atoms with Gasteiger partial charge in [-0.2, -0.15) is 13.2 Å². The number of benzene rings is 2. The molecule has 8 nitrogen and oxygen atoms in total. The molecule has 0 saturated carbocycles. The van der Waals surface area contributed by atoms with Gasteiger partial charge in [0.25, 0.3) is 11.8 Å². The minimum absolute atomic E-state index is 0.0289. The van der Waals surface area contributed by atoms with Crippen molar-refractivity contribution in [3.05, 3.63) is 83.0 Å². The molecule has 1 aliphatic rings. The molecule has 4 rings (SSSR count). The zero-order valence-electron chi connectivity index (χ0n) is 18.1. The third-order valence-electron chi connectivity index (χ3n) is 5.26. The molecule has 11 heteroatoms. The van der Waals surface area contributed by atoms with Crippen molar-refractivity contribution < 1.29 is 37.7 Å². The average Bonchev–Trinajstić information content (AvgIpc) is 3.19. The number of aromatic nitrogens is 1. The van der Waals surface area contributed by atoms with Crippen LogP contribution >= 0.6 is 0 Å². The van der Waals surface area contributed by atoms with Gasteiger partial charge in [-0.05, 0) is 35.9 Å². The van der Waals surface area contributed by atoms with E-state index >= 15 is 0 Å². The Kier molecular flexibility index (Phi) is 6.72. The lowest BCUT2D eigenvalue weighted by Crippen LogP contribution is -2.24. The van der Waals surface area contributed by atoms with Gasteiger partial charge >= 0.3 is 6.18 Å². The van der Waals surface area contributed by atoms with Crippen molar-refractivity contribution in [1.29, 1.82) is 0 Å². The van der Waals surface area contributed by atoms with E-state index in [1.54, 1.807) is 12.1 Å². The highest BCUT2D eigenvalue weighted by atomic mass is 19.4. The lowest BCUT2D eigenvalue weighted by Gasteiger charge is -2.18. The van der Waals surface area contributed by atoms with Crippen molar-refractivity contribution >= 4 is 23.2 Å². The number of hydrogen-bond acceptors (Lipinski definition) is 6. The monoisotopic (exact) mass is 487 g/mol. The summed E-state index contributed by atoms with van der Waals surface area (Å²) in [4.78, 5) is 31.2. The second-order valence-electron chi connectivity index (χ2n) is 7.74. The summed E-state index contributed by atoms with van der Waals surface area (Å²) in [7, 11) is 0. The van der Waals surface area contributed by atoms with E-state index in [0.29, 0.717) is 5.56 Å². The molecule has 1 atom stereocenters. The minimum Gasteiger partial charge on any atom is -0.475 e. The first-order valence-electron chi connectivity index (χ1n) is 10.5. The first-order chi connectivity index (χ1) is 16.7. The highest BCUT2D eigenvalue weighted by Gasteiger charge is 2.34. The number of carbonyl (C=O) groups excluding carboxylic acids is 2. The van der Waals surface area contributed by atoms with Gasteiger partial charge in [0, 0.05) is 11.8 Å². The number of hydrogen-bond donors (Lipinski definition) is 3. The molecule has 0 spiro atoms. The summed E-state index contributed by atoms with van der Waals surface area (Å²) in [6.45, 7) is -0.667. The molecule has 1 aromatic heterocycles. The zero-order valence-corrected chi connectivity index (χ0v) is 18.1. The van der Waals surface area contributed by atoms with Crippen molar-refractivity contribution in [2.75, 3.05) is 23.4 Å². The molecule has 2 aromatic carbocycles.